The number of aromatic nitrogens is 2. The van der Waals surface area contributed by atoms with E-state index >= 15 is 0 Å². The van der Waals surface area contributed by atoms with Crippen LogP contribution in [-0.4, -0.2) is 9.55 Å². The Morgan fingerprint density at radius 2 is 2.05 bits per heavy atom. The van der Waals surface area contributed by atoms with Crippen LogP contribution in [0.4, 0.5) is 0 Å². The molecule has 3 aromatic rings. The molecule has 0 unspecified atom stereocenters. The minimum Gasteiger partial charge on any atom is -0.330 e. The minimum absolute atomic E-state index is 0.699. The second-order valence-corrected chi connectivity index (χ2v) is 6.32. The fourth-order valence-electron chi connectivity index (χ4n) is 2.18. The third-order valence-electron chi connectivity index (χ3n) is 3.08. The van der Waals surface area contributed by atoms with E-state index in [0.29, 0.717) is 4.77 Å². The first kappa shape index (κ1) is 13.1. The monoisotopic (exact) mass is 400 g/mol. The summed E-state index contributed by atoms with van der Waals surface area (Å²) in [6.45, 7) is 2.07. The highest BCUT2D eigenvalue weighted by molar-refractivity contribution is 14.1. The summed E-state index contributed by atoms with van der Waals surface area (Å²) in [6.07, 6.45) is 0. The van der Waals surface area contributed by atoms with Crippen molar-refractivity contribution < 1.29 is 0 Å². The topological polar surface area (TPSA) is 20.7 Å². The smallest absolute Gasteiger partial charge is 0.182 e. The van der Waals surface area contributed by atoms with Gasteiger partial charge in [-0.1, -0.05) is 23.7 Å². The number of para-hydroxylation sites is 1. The number of nitrogens with zero attached hydrogens (tertiary/aromatic N) is 1. The maximum absolute atomic E-state index is 6.01. The molecule has 0 radical (unpaired) electrons. The van der Waals surface area contributed by atoms with Crippen LogP contribution in [0.1, 0.15) is 5.56 Å². The zero-order valence-corrected chi connectivity index (χ0v) is 13.8. The number of halogens is 2. The fraction of sp³-hybridized carbons (Fsp3) is 0.0714. The third-order valence-corrected chi connectivity index (χ3v) is 4.46. The molecule has 1 heterocycles. The maximum Gasteiger partial charge on any atom is 0.182 e. The second kappa shape index (κ2) is 4.92. The first-order valence-corrected chi connectivity index (χ1v) is 7.60. The van der Waals surface area contributed by atoms with Crippen molar-refractivity contribution in [3.8, 4) is 5.69 Å². The molecular formula is C14H10ClIN2S. The van der Waals surface area contributed by atoms with Crippen molar-refractivity contribution in [1.82, 2.24) is 9.55 Å². The average molecular weight is 401 g/mol. The molecule has 0 amide bonds. The van der Waals surface area contributed by atoms with Crippen LogP contribution < -0.4 is 0 Å². The van der Waals surface area contributed by atoms with E-state index in [-0.39, 0.29) is 0 Å². The summed E-state index contributed by atoms with van der Waals surface area (Å²) in [5, 5.41) is 0.732. The quantitative estimate of drug-likeness (QED) is 0.437. The Hall–Kier alpha value is -0.850. The van der Waals surface area contributed by atoms with Crippen LogP contribution in [0.3, 0.4) is 0 Å². The molecule has 0 spiro atoms. The Labute approximate surface area is 134 Å². The molecule has 0 bridgehead atoms. The van der Waals surface area contributed by atoms with Gasteiger partial charge in [-0.15, -0.1) is 0 Å². The Balaban J connectivity index is 2.40. The molecular weight excluding hydrogens is 391 g/mol. The number of fused-ring (bicyclic) bond motifs is 1. The molecule has 3 rings (SSSR count). The van der Waals surface area contributed by atoms with Gasteiger partial charge in [-0.3, -0.25) is 4.57 Å². The molecule has 0 saturated carbocycles. The molecule has 96 valence electrons. The van der Waals surface area contributed by atoms with Gasteiger partial charge in [-0.25, -0.2) is 0 Å². The minimum atomic E-state index is 0.699. The molecule has 0 fully saturated rings. The number of H-pyrrole nitrogens is 1. The molecule has 0 aliphatic rings. The number of rotatable bonds is 1. The number of nitrogens with one attached hydrogen (secondary N) is 1. The van der Waals surface area contributed by atoms with E-state index in [2.05, 4.69) is 51.2 Å². The van der Waals surface area contributed by atoms with Gasteiger partial charge in [-0.2, -0.15) is 0 Å². The lowest BCUT2D eigenvalue weighted by Crippen LogP contribution is -1.96. The van der Waals surface area contributed by atoms with Crippen LogP contribution >= 0.6 is 46.4 Å². The lowest BCUT2D eigenvalue weighted by Gasteiger charge is -2.08. The number of hydrogen-bond donors (Lipinski definition) is 1. The molecule has 2 aromatic carbocycles. The van der Waals surface area contributed by atoms with Crippen molar-refractivity contribution in [2.45, 2.75) is 6.92 Å². The molecule has 5 heteroatoms. The van der Waals surface area contributed by atoms with Gasteiger partial charge in [0.1, 0.15) is 0 Å². The van der Waals surface area contributed by atoms with E-state index < -0.39 is 0 Å². The van der Waals surface area contributed by atoms with Crippen LogP contribution in [0, 0.1) is 15.3 Å². The van der Waals surface area contributed by atoms with E-state index in [1.165, 1.54) is 5.56 Å². The first-order chi connectivity index (χ1) is 9.08. The number of aryl methyl sites for hydroxylation is 1. The number of hydrogen-bond acceptors (Lipinski definition) is 1. The summed E-state index contributed by atoms with van der Waals surface area (Å²) in [5.74, 6) is 0. The van der Waals surface area contributed by atoms with Gasteiger partial charge in [0.15, 0.2) is 4.77 Å². The van der Waals surface area contributed by atoms with Crippen molar-refractivity contribution in [3.63, 3.8) is 0 Å². The van der Waals surface area contributed by atoms with E-state index in [1.54, 1.807) is 0 Å². The van der Waals surface area contributed by atoms with Gasteiger partial charge >= 0.3 is 0 Å². The molecule has 0 aliphatic heterocycles. The van der Waals surface area contributed by atoms with Crippen molar-refractivity contribution in [2.24, 2.45) is 0 Å². The Morgan fingerprint density at radius 1 is 1.26 bits per heavy atom. The van der Waals surface area contributed by atoms with E-state index in [0.717, 1.165) is 25.3 Å². The molecule has 0 saturated heterocycles. The highest BCUT2D eigenvalue weighted by Gasteiger charge is 2.10. The Kier molecular flexibility index (Phi) is 3.41. The largest absolute Gasteiger partial charge is 0.330 e. The van der Waals surface area contributed by atoms with Crippen molar-refractivity contribution >= 4 is 57.4 Å². The lowest BCUT2D eigenvalue weighted by atomic mass is 10.2. The number of aromatic amines is 1. The van der Waals surface area contributed by atoms with Gasteiger partial charge in [0, 0.05) is 8.59 Å². The van der Waals surface area contributed by atoms with E-state index in [4.69, 9.17) is 23.8 Å². The normalized spacial score (nSPS) is 11.1. The molecule has 19 heavy (non-hydrogen) atoms. The summed E-state index contributed by atoms with van der Waals surface area (Å²) in [6, 6.07) is 12.0. The van der Waals surface area contributed by atoms with Crippen LogP contribution in [-0.2, 0) is 0 Å². The van der Waals surface area contributed by atoms with Gasteiger partial charge in [0.25, 0.3) is 0 Å². The van der Waals surface area contributed by atoms with E-state index in [9.17, 15) is 0 Å². The first-order valence-electron chi connectivity index (χ1n) is 5.73. The summed E-state index contributed by atoms with van der Waals surface area (Å²) >= 11 is 13.8. The van der Waals surface area contributed by atoms with Crippen molar-refractivity contribution in [1.29, 1.82) is 0 Å². The summed E-state index contributed by atoms with van der Waals surface area (Å²) < 4.78 is 3.82. The predicted molar refractivity (Wildman–Crippen MR) is 90.9 cm³/mol. The van der Waals surface area contributed by atoms with Gasteiger partial charge in [-0.05, 0) is 71.6 Å². The third kappa shape index (κ3) is 2.22. The molecule has 1 aromatic heterocycles. The molecule has 0 atom stereocenters. The number of benzene rings is 2. The van der Waals surface area contributed by atoms with Crippen molar-refractivity contribution in [3.05, 3.63) is 55.3 Å². The fourth-order valence-corrected chi connectivity index (χ4v) is 3.59. The van der Waals surface area contributed by atoms with Crippen LogP contribution in [0.25, 0.3) is 16.7 Å². The van der Waals surface area contributed by atoms with Crippen LogP contribution in [0.15, 0.2) is 36.4 Å². The second-order valence-electron chi connectivity index (χ2n) is 4.33. The van der Waals surface area contributed by atoms with Gasteiger partial charge in [0.2, 0.25) is 0 Å². The summed E-state index contributed by atoms with van der Waals surface area (Å²) in [5.41, 5.74) is 4.40. The standard InChI is InChI=1S/C14H10ClIN2S/c1-8-3-2-4-12-13(8)17-14(19)18(12)11-6-5-9(15)7-10(11)16/h2-7H,1H3,(H,17,19). The molecule has 1 N–H and O–H groups in total. The Morgan fingerprint density at radius 3 is 2.79 bits per heavy atom. The Bertz CT molecular complexity index is 835. The van der Waals surface area contributed by atoms with Gasteiger partial charge < -0.3 is 4.98 Å². The van der Waals surface area contributed by atoms with Crippen LogP contribution in [0.5, 0.6) is 0 Å². The molecule has 0 aliphatic carbocycles. The van der Waals surface area contributed by atoms with Crippen molar-refractivity contribution in [2.75, 3.05) is 0 Å². The predicted octanol–water partition coefficient (Wildman–Crippen LogP) is 5.25. The highest BCUT2D eigenvalue weighted by atomic mass is 127. The van der Waals surface area contributed by atoms with Crippen LogP contribution in [0.2, 0.25) is 5.02 Å². The SMILES string of the molecule is Cc1cccc2c1[nH]c(=S)n2-c1ccc(Cl)cc1I. The van der Waals surface area contributed by atoms with E-state index in [1.807, 2.05) is 24.3 Å². The molecule has 2 nitrogen and oxygen atoms in total. The van der Waals surface area contributed by atoms with Gasteiger partial charge in [0.05, 0.1) is 16.7 Å². The zero-order chi connectivity index (χ0) is 13.6. The maximum atomic E-state index is 6.01. The summed E-state index contributed by atoms with van der Waals surface area (Å²) in [7, 11) is 0. The zero-order valence-electron chi connectivity index (χ0n) is 10.1. The summed E-state index contributed by atoms with van der Waals surface area (Å²) in [4.78, 5) is 3.28. The highest BCUT2D eigenvalue weighted by Crippen LogP contribution is 2.26. The average Bonchev–Trinajstić information content (AvgIpc) is 2.68. The lowest BCUT2D eigenvalue weighted by molar-refractivity contribution is 1.06. The number of imidazole rings is 1.